The van der Waals surface area contributed by atoms with Gasteiger partial charge < -0.3 is 10.5 Å². The maximum Gasteiger partial charge on any atom is 0.237 e. The summed E-state index contributed by atoms with van der Waals surface area (Å²) in [4.78, 5) is 3.97. The van der Waals surface area contributed by atoms with Crippen LogP contribution in [0.4, 0.5) is 5.69 Å². The van der Waals surface area contributed by atoms with Crippen LogP contribution in [0.3, 0.4) is 0 Å². The molecule has 1 aromatic rings. The third kappa shape index (κ3) is 2.11. The van der Waals surface area contributed by atoms with Gasteiger partial charge in [0.05, 0.1) is 11.8 Å². The van der Waals surface area contributed by atoms with Gasteiger partial charge in [0, 0.05) is 6.20 Å². The number of nitrogens with two attached hydrogens (primary N) is 1. The zero-order chi connectivity index (χ0) is 8.27. The number of hydrogen-bond acceptors (Lipinski definition) is 3. The van der Waals surface area contributed by atoms with Crippen LogP contribution in [0.2, 0.25) is 0 Å². The molecule has 0 fully saturated rings. The van der Waals surface area contributed by atoms with Gasteiger partial charge in [-0.1, -0.05) is 0 Å². The minimum Gasteiger partial charge on any atom is -0.473 e. The highest BCUT2D eigenvalue weighted by atomic mass is 16.5. The van der Waals surface area contributed by atoms with Crippen molar-refractivity contribution in [3.05, 3.63) is 18.3 Å². The van der Waals surface area contributed by atoms with Crippen molar-refractivity contribution in [1.29, 1.82) is 0 Å². The van der Waals surface area contributed by atoms with E-state index < -0.39 is 0 Å². The lowest BCUT2D eigenvalue weighted by Crippen LogP contribution is -2.08. The number of rotatable bonds is 2. The predicted octanol–water partition coefficient (Wildman–Crippen LogP) is 1.45. The predicted molar refractivity (Wildman–Crippen MR) is 44.4 cm³/mol. The van der Waals surface area contributed by atoms with Gasteiger partial charge in [0.1, 0.15) is 0 Å². The maximum absolute atomic E-state index is 5.58. The molecule has 0 radical (unpaired) electrons. The average molecular weight is 152 g/mol. The lowest BCUT2D eigenvalue weighted by molar-refractivity contribution is 0.234. The lowest BCUT2D eigenvalue weighted by Gasteiger charge is -2.09. The summed E-state index contributed by atoms with van der Waals surface area (Å²) in [6, 6.07) is 3.55. The molecule has 0 amide bonds. The van der Waals surface area contributed by atoms with E-state index in [0.29, 0.717) is 11.6 Å². The van der Waals surface area contributed by atoms with Crippen LogP contribution >= 0.6 is 0 Å². The van der Waals surface area contributed by atoms with E-state index in [1.807, 2.05) is 13.8 Å². The number of ether oxygens (including phenoxy) is 1. The summed E-state index contributed by atoms with van der Waals surface area (Å²) in [6.45, 7) is 3.88. The largest absolute Gasteiger partial charge is 0.473 e. The van der Waals surface area contributed by atoms with Gasteiger partial charge in [-0.2, -0.15) is 0 Å². The molecular weight excluding hydrogens is 140 g/mol. The van der Waals surface area contributed by atoms with Crippen LogP contribution < -0.4 is 10.5 Å². The Morgan fingerprint density at radius 2 is 2.27 bits per heavy atom. The van der Waals surface area contributed by atoms with E-state index in [-0.39, 0.29) is 6.10 Å². The molecule has 0 aliphatic carbocycles. The Labute approximate surface area is 66.2 Å². The molecule has 0 aromatic carbocycles. The van der Waals surface area contributed by atoms with Crippen LogP contribution in [0, 0.1) is 0 Å². The molecule has 3 heteroatoms. The van der Waals surface area contributed by atoms with Crippen molar-refractivity contribution in [3.8, 4) is 5.88 Å². The Bertz CT molecular complexity index is 235. The molecule has 0 saturated heterocycles. The number of pyridine rings is 1. The minimum atomic E-state index is 0.118. The Kier molecular flexibility index (Phi) is 2.31. The second-order valence-electron chi connectivity index (χ2n) is 2.56. The summed E-state index contributed by atoms with van der Waals surface area (Å²) in [5, 5.41) is 0. The summed E-state index contributed by atoms with van der Waals surface area (Å²) < 4.78 is 5.31. The van der Waals surface area contributed by atoms with E-state index in [0.717, 1.165) is 0 Å². The summed E-state index contributed by atoms with van der Waals surface area (Å²) in [5.41, 5.74) is 6.17. The molecule has 1 aromatic heterocycles. The summed E-state index contributed by atoms with van der Waals surface area (Å²) in [6.07, 6.45) is 1.78. The molecule has 1 heterocycles. The van der Waals surface area contributed by atoms with Crippen LogP contribution in [0.1, 0.15) is 13.8 Å². The second kappa shape index (κ2) is 3.23. The smallest absolute Gasteiger partial charge is 0.237 e. The average Bonchev–Trinajstić information content (AvgIpc) is 1.93. The van der Waals surface area contributed by atoms with Gasteiger partial charge in [0.25, 0.3) is 0 Å². The first-order chi connectivity index (χ1) is 5.20. The highest BCUT2D eigenvalue weighted by molar-refractivity contribution is 5.46. The van der Waals surface area contributed by atoms with Crippen molar-refractivity contribution in [2.75, 3.05) is 5.73 Å². The first kappa shape index (κ1) is 7.85. The third-order valence-corrected chi connectivity index (χ3v) is 1.15. The molecule has 0 saturated carbocycles. The lowest BCUT2D eigenvalue weighted by atomic mass is 10.4. The van der Waals surface area contributed by atoms with E-state index in [4.69, 9.17) is 10.5 Å². The van der Waals surface area contributed by atoms with Crippen LogP contribution in [0.15, 0.2) is 18.3 Å². The molecule has 0 aliphatic heterocycles. The van der Waals surface area contributed by atoms with Crippen molar-refractivity contribution in [2.24, 2.45) is 0 Å². The van der Waals surface area contributed by atoms with Crippen LogP contribution in [-0.4, -0.2) is 11.1 Å². The van der Waals surface area contributed by atoms with Gasteiger partial charge in [0.2, 0.25) is 5.88 Å². The molecule has 0 atom stereocenters. The van der Waals surface area contributed by atoms with E-state index in [1.165, 1.54) is 0 Å². The molecule has 0 spiro atoms. The topological polar surface area (TPSA) is 48.1 Å². The third-order valence-electron chi connectivity index (χ3n) is 1.15. The SMILES string of the molecule is CC(C)Oc1ncccc1N. The summed E-state index contributed by atoms with van der Waals surface area (Å²) in [7, 11) is 0. The van der Waals surface area contributed by atoms with Gasteiger partial charge in [-0.05, 0) is 26.0 Å². The standard InChI is InChI=1S/C8H12N2O/c1-6(2)11-8-7(9)4-3-5-10-8/h3-6H,9H2,1-2H3. The fourth-order valence-corrected chi connectivity index (χ4v) is 0.725. The first-order valence-electron chi connectivity index (χ1n) is 3.57. The van der Waals surface area contributed by atoms with Gasteiger partial charge in [0.15, 0.2) is 0 Å². The first-order valence-corrected chi connectivity index (χ1v) is 3.57. The zero-order valence-corrected chi connectivity index (χ0v) is 6.74. The van der Waals surface area contributed by atoms with Crippen molar-refractivity contribution in [3.63, 3.8) is 0 Å². The van der Waals surface area contributed by atoms with E-state index >= 15 is 0 Å². The number of aromatic nitrogens is 1. The Morgan fingerprint density at radius 3 is 2.82 bits per heavy atom. The monoisotopic (exact) mass is 152 g/mol. The number of hydrogen-bond donors (Lipinski definition) is 1. The Balaban J connectivity index is 2.78. The molecule has 0 aliphatic rings. The molecule has 11 heavy (non-hydrogen) atoms. The molecule has 1 rings (SSSR count). The van der Waals surface area contributed by atoms with Crippen molar-refractivity contribution in [1.82, 2.24) is 4.98 Å². The van der Waals surface area contributed by atoms with Gasteiger partial charge in [-0.15, -0.1) is 0 Å². The number of anilines is 1. The quantitative estimate of drug-likeness (QED) is 0.697. The molecule has 0 bridgehead atoms. The van der Waals surface area contributed by atoms with E-state index in [2.05, 4.69) is 4.98 Å². The molecule has 60 valence electrons. The maximum atomic E-state index is 5.58. The molecular formula is C8H12N2O. The van der Waals surface area contributed by atoms with E-state index in [9.17, 15) is 0 Å². The molecule has 3 nitrogen and oxygen atoms in total. The second-order valence-corrected chi connectivity index (χ2v) is 2.56. The zero-order valence-electron chi connectivity index (χ0n) is 6.74. The van der Waals surface area contributed by atoms with Gasteiger partial charge >= 0.3 is 0 Å². The van der Waals surface area contributed by atoms with Gasteiger partial charge in [-0.3, -0.25) is 0 Å². The Hall–Kier alpha value is -1.25. The van der Waals surface area contributed by atoms with Crippen LogP contribution in [0.25, 0.3) is 0 Å². The Morgan fingerprint density at radius 1 is 1.55 bits per heavy atom. The van der Waals surface area contributed by atoms with Crippen LogP contribution in [-0.2, 0) is 0 Å². The fraction of sp³-hybridized carbons (Fsp3) is 0.375. The summed E-state index contributed by atoms with van der Waals surface area (Å²) in [5.74, 6) is 0.516. The fourth-order valence-electron chi connectivity index (χ4n) is 0.725. The van der Waals surface area contributed by atoms with Crippen molar-refractivity contribution >= 4 is 5.69 Å². The molecule has 0 unspecified atom stereocenters. The normalized spacial score (nSPS) is 10.1. The van der Waals surface area contributed by atoms with Crippen molar-refractivity contribution in [2.45, 2.75) is 20.0 Å². The number of nitrogen functional groups attached to an aromatic ring is 1. The van der Waals surface area contributed by atoms with Crippen molar-refractivity contribution < 1.29 is 4.74 Å². The van der Waals surface area contributed by atoms with E-state index in [1.54, 1.807) is 18.3 Å². The van der Waals surface area contributed by atoms with Crippen LogP contribution in [0.5, 0.6) is 5.88 Å². The minimum absolute atomic E-state index is 0.118. The summed E-state index contributed by atoms with van der Waals surface area (Å²) >= 11 is 0. The number of nitrogens with zero attached hydrogens (tertiary/aromatic N) is 1. The highest BCUT2D eigenvalue weighted by Gasteiger charge is 2.01. The van der Waals surface area contributed by atoms with Gasteiger partial charge in [-0.25, -0.2) is 4.98 Å². The molecule has 2 N–H and O–H groups in total. The highest BCUT2D eigenvalue weighted by Crippen LogP contribution is 2.16.